The molecule has 0 radical (unpaired) electrons. The van der Waals surface area contributed by atoms with Crippen LogP contribution in [0.2, 0.25) is 0 Å². The van der Waals surface area contributed by atoms with Gasteiger partial charge in [0.05, 0.1) is 13.2 Å². The molecule has 0 amide bonds. The van der Waals surface area contributed by atoms with Crippen LogP contribution in [0.3, 0.4) is 0 Å². The Bertz CT molecular complexity index is 316. The Balaban J connectivity index is 2.00. The van der Waals surface area contributed by atoms with Crippen molar-refractivity contribution in [2.45, 2.75) is 38.7 Å². The first kappa shape index (κ1) is 11.5. The van der Waals surface area contributed by atoms with Crippen molar-refractivity contribution in [3.05, 3.63) is 29.8 Å². The molecule has 1 fully saturated rings. The standard InChI is InChI=1S/C14H20O2/c1-2-3-6-12-7-4-5-8-14(12)16-13-9-10-15-11-13/h4-5,7-8,13H,2-3,6,9-11H2,1H3. The summed E-state index contributed by atoms with van der Waals surface area (Å²) in [5.41, 5.74) is 1.33. The van der Waals surface area contributed by atoms with Gasteiger partial charge < -0.3 is 9.47 Å². The molecule has 1 aromatic rings. The van der Waals surface area contributed by atoms with Crippen LogP contribution in [0, 0.1) is 0 Å². The molecule has 88 valence electrons. The molecule has 1 aliphatic heterocycles. The minimum Gasteiger partial charge on any atom is -0.488 e. The van der Waals surface area contributed by atoms with Crippen LogP contribution in [0.25, 0.3) is 0 Å². The second kappa shape index (κ2) is 5.90. The summed E-state index contributed by atoms with van der Waals surface area (Å²) < 4.78 is 11.3. The van der Waals surface area contributed by atoms with Gasteiger partial charge in [-0.1, -0.05) is 31.5 Å². The van der Waals surface area contributed by atoms with E-state index in [1.54, 1.807) is 0 Å². The number of hydrogen-bond donors (Lipinski definition) is 0. The number of rotatable bonds is 5. The number of benzene rings is 1. The first-order chi connectivity index (χ1) is 7.90. The number of unbranched alkanes of at least 4 members (excludes halogenated alkanes) is 1. The third kappa shape index (κ3) is 2.99. The third-order valence-electron chi connectivity index (χ3n) is 2.95. The Hall–Kier alpha value is -1.02. The second-order valence-corrected chi connectivity index (χ2v) is 4.31. The third-order valence-corrected chi connectivity index (χ3v) is 2.95. The Labute approximate surface area is 97.6 Å². The monoisotopic (exact) mass is 220 g/mol. The topological polar surface area (TPSA) is 18.5 Å². The van der Waals surface area contributed by atoms with E-state index in [0.717, 1.165) is 31.8 Å². The van der Waals surface area contributed by atoms with Crippen LogP contribution in [0.5, 0.6) is 5.75 Å². The summed E-state index contributed by atoms with van der Waals surface area (Å²) in [6.45, 7) is 3.79. The highest BCUT2D eigenvalue weighted by Gasteiger charge is 2.18. The van der Waals surface area contributed by atoms with Gasteiger partial charge in [0.2, 0.25) is 0 Å². The van der Waals surface area contributed by atoms with Crippen molar-refractivity contribution in [2.75, 3.05) is 13.2 Å². The molecule has 0 aromatic heterocycles. The zero-order valence-corrected chi connectivity index (χ0v) is 9.95. The molecule has 1 unspecified atom stereocenters. The van der Waals surface area contributed by atoms with Crippen LogP contribution in [0.1, 0.15) is 31.7 Å². The van der Waals surface area contributed by atoms with Gasteiger partial charge in [-0.25, -0.2) is 0 Å². The largest absolute Gasteiger partial charge is 0.488 e. The molecule has 0 spiro atoms. The van der Waals surface area contributed by atoms with Crippen LogP contribution < -0.4 is 4.74 Å². The zero-order chi connectivity index (χ0) is 11.2. The first-order valence-corrected chi connectivity index (χ1v) is 6.22. The fourth-order valence-corrected chi connectivity index (χ4v) is 1.98. The number of hydrogen-bond acceptors (Lipinski definition) is 2. The molecule has 0 aliphatic carbocycles. The highest BCUT2D eigenvalue weighted by Crippen LogP contribution is 2.23. The summed E-state index contributed by atoms with van der Waals surface area (Å²) in [5.74, 6) is 1.05. The number of ether oxygens (including phenoxy) is 2. The average Bonchev–Trinajstić information content (AvgIpc) is 2.81. The Morgan fingerprint density at radius 1 is 1.38 bits per heavy atom. The molecule has 0 saturated carbocycles. The normalized spacial score (nSPS) is 19.9. The van der Waals surface area contributed by atoms with Crippen LogP contribution in [-0.4, -0.2) is 19.3 Å². The Morgan fingerprint density at radius 3 is 3.00 bits per heavy atom. The van der Waals surface area contributed by atoms with Gasteiger partial charge in [-0.05, 0) is 24.5 Å². The van der Waals surface area contributed by atoms with Gasteiger partial charge in [-0.15, -0.1) is 0 Å². The molecule has 2 nitrogen and oxygen atoms in total. The maximum Gasteiger partial charge on any atom is 0.124 e. The molecular formula is C14H20O2. The van der Waals surface area contributed by atoms with Crippen molar-refractivity contribution in [1.29, 1.82) is 0 Å². The second-order valence-electron chi connectivity index (χ2n) is 4.31. The lowest BCUT2D eigenvalue weighted by molar-refractivity contribution is 0.140. The summed E-state index contributed by atoms with van der Waals surface area (Å²) in [5, 5.41) is 0. The first-order valence-electron chi connectivity index (χ1n) is 6.22. The van der Waals surface area contributed by atoms with Gasteiger partial charge in [0, 0.05) is 6.42 Å². The highest BCUT2D eigenvalue weighted by atomic mass is 16.5. The van der Waals surface area contributed by atoms with Crippen LogP contribution in [0.15, 0.2) is 24.3 Å². The van der Waals surface area contributed by atoms with Crippen molar-refractivity contribution in [3.8, 4) is 5.75 Å². The van der Waals surface area contributed by atoms with E-state index in [4.69, 9.17) is 9.47 Å². The van der Waals surface area contributed by atoms with Crippen molar-refractivity contribution in [2.24, 2.45) is 0 Å². The molecule has 0 bridgehead atoms. The summed E-state index contributed by atoms with van der Waals surface area (Å²) in [7, 11) is 0. The molecule has 1 atom stereocenters. The van der Waals surface area contributed by atoms with Gasteiger partial charge in [0.15, 0.2) is 0 Å². The van der Waals surface area contributed by atoms with E-state index in [2.05, 4.69) is 25.1 Å². The minimum atomic E-state index is 0.253. The van der Waals surface area contributed by atoms with Crippen molar-refractivity contribution in [1.82, 2.24) is 0 Å². The quantitative estimate of drug-likeness (QED) is 0.758. The molecule has 1 aliphatic rings. The summed E-state index contributed by atoms with van der Waals surface area (Å²) in [4.78, 5) is 0. The molecule has 2 rings (SSSR count). The maximum atomic E-state index is 5.98. The van der Waals surface area contributed by atoms with Crippen LogP contribution in [0.4, 0.5) is 0 Å². The van der Waals surface area contributed by atoms with Crippen molar-refractivity contribution >= 4 is 0 Å². The van der Waals surface area contributed by atoms with Crippen molar-refractivity contribution < 1.29 is 9.47 Å². The smallest absolute Gasteiger partial charge is 0.124 e. The van der Waals surface area contributed by atoms with E-state index in [0.29, 0.717) is 0 Å². The molecule has 1 aromatic carbocycles. The average molecular weight is 220 g/mol. The van der Waals surface area contributed by atoms with Gasteiger partial charge in [-0.2, -0.15) is 0 Å². The van der Waals surface area contributed by atoms with E-state index < -0.39 is 0 Å². The van der Waals surface area contributed by atoms with Crippen molar-refractivity contribution in [3.63, 3.8) is 0 Å². The molecule has 2 heteroatoms. The zero-order valence-electron chi connectivity index (χ0n) is 9.95. The SMILES string of the molecule is CCCCc1ccccc1OC1CCOC1. The van der Waals surface area contributed by atoms with E-state index in [1.807, 2.05) is 6.07 Å². The van der Waals surface area contributed by atoms with Crippen LogP contribution >= 0.6 is 0 Å². The van der Waals surface area contributed by atoms with Crippen LogP contribution in [-0.2, 0) is 11.2 Å². The van der Waals surface area contributed by atoms with Gasteiger partial charge >= 0.3 is 0 Å². The molecule has 1 heterocycles. The molecule has 1 saturated heterocycles. The number of para-hydroxylation sites is 1. The summed E-state index contributed by atoms with van der Waals surface area (Å²) >= 11 is 0. The molecule has 16 heavy (non-hydrogen) atoms. The minimum absolute atomic E-state index is 0.253. The Morgan fingerprint density at radius 2 is 2.25 bits per heavy atom. The van der Waals surface area contributed by atoms with E-state index in [9.17, 15) is 0 Å². The fourth-order valence-electron chi connectivity index (χ4n) is 1.98. The molecular weight excluding hydrogens is 200 g/mol. The summed E-state index contributed by atoms with van der Waals surface area (Å²) in [6.07, 6.45) is 4.83. The predicted molar refractivity (Wildman–Crippen MR) is 64.9 cm³/mol. The lowest BCUT2D eigenvalue weighted by Gasteiger charge is -2.15. The van der Waals surface area contributed by atoms with Gasteiger partial charge in [-0.3, -0.25) is 0 Å². The maximum absolute atomic E-state index is 5.98. The van der Waals surface area contributed by atoms with E-state index in [-0.39, 0.29) is 6.10 Å². The van der Waals surface area contributed by atoms with E-state index in [1.165, 1.54) is 18.4 Å². The van der Waals surface area contributed by atoms with Gasteiger partial charge in [0.1, 0.15) is 11.9 Å². The number of aryl methyl sites for hydroxylation is 1. The fraction of sp³-hybridized carbons (Fsp3) is 0.571. The Kier molecular flexibility index (Phi) is 4.23. The predicted octanol–water partition coefficient (Wildman–Crippen LogP) is 3.20. The molecule has 0 N–H and O–H groups in total. The van der Waals surface area contributed by atoms with E-state index >= 15 is 0 Å². The lowest BCUT2D eigenvalue weighted by atomic mass is 10.1. The van der Waals surface area contributed by atoms with Gasteiger partial charge in [0.25, 0.3) is 0 Å². The highest BCUT2D eigenvalue weighted by molar-refractivity contribution is 5.33. The summed E-state index contributed by atoms with van der Waals surface area (Å²) in [6, 6.07) is 8.37. The lowest BCUT2D eigenvalue weighted by Crippen LogP contribution is -2.16.